The molecule has 3 aromatic carbocycles. The molecule has 0 saturated heterocycles. The van der Waals surface area contributed by atoms with Gasteiger partial charge in [-0.2, -0.15) is 0 Å². The van der Waals surface area contributed by atoms with Crippen molar-refractivity contribution in [3.63, 3.8) is 0 Å². The van der Waals surface area contributed by atoms with E-state index in [1.807, 2.05) is 72.8 Å². The predicted molar refractivity (Wildman–Crippen MR) is 107 cm³/mol. The van der Waals surface area contributed by atoms with Gasteiger partial charge in [0.1, 0.15) is 23.0 Å². The van der Waals surface area contributed by atoms with E-state index in [0.717, 1.165) is 22.7 Å². The summed E-state index contributed by atoms with van der Waals surface area (Å²) in [4.78, 5) is 4.78. The number of nitrogens with zero attached hydrogens (tertiary/aromatic N) is 1. The lowest BCUT2D eigenvalue weighted by Crippen LogP contribution is -2.14. The summed E-state index contributed by atoms with van der Waals surface area (Å²) in [6.45, 7) is 0. The normalized spacial score (nSPS) is 11.1. The zero-order valence-electron chi connectivity index (χ0n) is 14.6. The molecule has 0 spiro atoms. The van der Waals surface area contributed by atoms with Crippen LogP contribution < -0.4 is 14.8 Å². The Hall–Kier alpha value is -2.98. The number of halogens is 1. The van der Waals surface area contributed by atoms with Gasteiger partial charge in [0.05, 0.1) is 19.9 Å². The highest BCUT2D eigenvalue weighted by Crippen LogP contribution is 2.29. The monoisotopic (exact) mass is 366 g/mol. The molecule has 3 rings (SSSR count). The standard InChI is InChI=1S/C21H19ClN2O2/c1-25-19-9-5-3-7-17(19)23-21(15-11-13-16(22)14-12-15)24-18-8-4-6-10-20(18)26-2/h3-14H,1-2H3,(H,23,24). The average molecular weight is 367 g/mol. The second-order valence-electron chi connectivity index (χ2n) is 5.46. The number of rotatable bonds is 5. The van der Waals surface area contributed by atoms with Crippen molar-refractivity contribution in [2.75, 3.05) is 19.5 Å². The Morgan fingerprint density at radius 3 is 2.12 bits per heavy atom. The van der Waals surface area contributed by atoms with Gasteiger partial charge in [0.15, 0.2) is 0 Å². The van der Waals surface area contributed by atoms with Crippen LogP contribution in [-0.4, -0.2) is 20.1 Å². The summed E-state index contributed by atoms with van der Waals surface area (Å²) < 4.78 is 10.8. The van der Waals surface area contributed by atoms with Crippen LogP contribution in [0.1, 0.15) is 5.56 Å². The van der Waals surface area contributed by atoms with E-state index in [2.05, 4.69) is 5.32 Å². The van der Waals surface area contributed by atoms with Crippen LogP contribution >= 0.6 is 11.6 Å². The summed E-state index contributed by atoms with van der Waals surface area (Å²) in [7, 11) is 3.27. The van der Waals surface area contributed by atoms with Crippen LogP contribution in [0.2, 0.25) is 5.02 Å². The maximum absolute atomic E-state index is 6.03. The zero-order chi connectivity index (χ0) is 18.4. The molecule has 1 N–H and O–H groups in total. The summed E-state index contributed by atoms with van der Waals surface area (Å²) in [6, 6.07) is 22.8. The van der Waals surface area contributed by atoms with Crippen molar-refractivity contribution in [2.45, 2.75) is 0 Å². The van der Waals surface area contributed by atoms with Crippen molar-refractivity contribution in [1.29, 1.82) is 0 Å². The fourth-order valence-electron chi connectivity index (χ4n) is 2.49. The molecule has 4 nitrogen and oxygen atoms in total. The number of hydrogen-bond acceptors (Lipinski definition) is 3. The third kappa shape index (κ3) is 4.16. The zero-order valence-corrected chi connectivity index (χ0v) is 15.3. The molecular formula is C21H19ClN2O2. The van der Waals surface area contributed by atoms with E-state index >= 15 is 0 Å². The Balaban J connectivity index is 2.07. The van der Waals surface area contributed by atoms with Crippen LogP contribution in [0.3, 0.4) is 0 Å². The van der Waals surface area contributed by atoms with Crippen molar-refractivity contribution in [1.82, 2.24) is 0 Å². The van der Waals surface area contributed by atoms with Gasteiger partial charge in [-0.3, -0.25) is 0 Å². The number of amidine groups is 1. The molecule has 0 bridgehead atoms. The molecule has 0 radical (unpaired) electrons. The van der Waals surface area contributed by atoms with E-state index in [1.165, 1.54) is 0 Å². The fourth-order valence-corrected chi connectivity index (χ4v) is 2.62. The van der Waals surface area contributed by atoms with E-state index in [4.69, 9.17) is 26.1 Å². The van der Waals surface area contributed by atoms with Crippen LogP contribution in [0.15, 0.2) is 77.8 Å². The maximum Gasteiger partial charge on any atom is 0.144 e. The highest BCUT2D eigenvalue weighted by molar-refractivity contribution is 6.30. The highest BCUT2D eigenvalue weighted by Gasteiger charge is 2.10. The topological polar surface area (TPSA) is 42.8 Å². The van der Waals surface area contributed by atoms with Gasteiger partial charge in [-0.1, -0.05) is 35.9 Å². The fraction of sp³-hybridized carbons (Fsp3) is 0.0952. The first-order valence-electron chi connectivity index (χ1n) is 8.09. The van der Waals surface area contributed by atoms with Crippen LogP contribution in [0.25, 0.3) is 0 Å². The quantitative estimate of drug-likeness (QED) is 0.475. The summed E-state index contributed by atoms with van der Waals surface area (Å²) >= 11 is 6.03. The summed E-state index contributed by atoms with van der Waals surface area (Å²) in [5.41, 5.74) is 2.44. The Kier molecular flexibility index (Phi) is 5.77. The Labute approximate surface area is 158 Å². The lowest BCUT2D eigenvalue weighted by atomic mass is 10.2. The lowest BCUT2D eigenvalue weighted by Gasteiger charge is -2.14. The number of benzene rings is 3. The molecule has 0 aliphatic heterocycles. The van der Waals surface area contributed by atoms with E-state index in [9.17, 15) is 0 Å². The van der Waals surface area contributed by atoms with Gasteiger partial charge in [-0.05, 0) is 48.5 Å². The van der Waals surface area contributed by atoms with Gasteiger partial charge >= 0.3 is 0 Å². The van der Waals surface area contributed by atoms with E-state index in [0.29, 0.717) is 16.6 Å². The molecule has 0 saturated carbocycles. The van der Waals surface area contributed by atoms with Crippen molar-refractivity contribution in [2.24, 2.45) is 4.99 Å². The molecular weight excluding hydrogens is 348 g/mol. The largest absolute Gasteiger partial charge is 0.495 e. The average Bonchev–Trinajstić information content (AvgIpc) is 2.69. The van der Waals surface area contributed by atoms with Crippen molar-refractivity contribution in [3.8, 4) is 11.5 Å². The Morgan fingerprint density at radius 1 is 0.808 bits per heavy atom. The number of anilines is 1. The van der Waals surface area contributed by atoms with Gasteiger partial charge in [0.2, 0.25) is 0 Å². The van der Waals surface area contributed by atoms with Crippen molar-refractivity contribution < 1.29 is 9.47 Å². The molecule has 132 valence electrons. The van der Waals surface area contributed by atoms with Gasteiger partial charge in [-0.25, -0.2) is 4.99 Å². The van der Waals surface area contributed by atoms with E-state index in [-0.39, 0.29) is 0 Å². The van der Waals surface area contributed by atoms with Crippen molar-refractivity contribution >= 4 is 28.8 Å². The molecule has 26 heavy (non-hydrogen) atoms. The number of para-hydroxylation sites is 4. The number of hydrogen-bond donors (Lipinski definition) is 1. The minimum absolute atomic E-state index is 0.663. The van der Waals surface area contributed by atoms with E-state index < -0.39 is 0 Å². The van der Waals surface area contributed by atoms with Gasteiger partial charge < -0.3 is 14.8 Å². The third-order valence-corrected chi connectivity index (χ3v) is 4.05. The molecule has 0 unspecified atom stereocenters. The van der Waals surface area contributed by atoms with Crippen LogP contribution in [0.5, 0.6) is 11.5 Å². The predicted octanol–water partition coefficient (Wildman–Crippen LogP) is 5.55. The first kappa shape index (κ1) is 17.8. The number of nitrogens with one attached hydrogen (secondary N) is 1. The summed E-state index contributed by atoms with van der Waals surface area (Å²) in [5.74, 6) is 2.09. The molecule has 0 atom stereocenters. The second kappa shape index (κ2) is 8.41. The molecule has 3 aromatic rings. The molecule has 0 aromatic heterocycles. The Morgan fingerprint density at radius 2 is 1.42 bits per heavy atom. The Bertz CT molecular complexity index is 908. The van der Waals surface area contributed by atoms with Gasteiger partial charge in [0, 0.05) is 10.6 Å². The molecule has 0 aliphatic rings. The highest BCUT2D eigenvalue weighted by atomic mass is 35.5. The van der Waals surface area contributed by atoms with Gasteiger partial charge in [0.25, 0.3) is 0 Å². The smallest absolute Gasteiger partial charge is 0.144 e. The minimum Gasteiger partial charge on any atom is -0.495 e. The maximum atomic E-state index is 6.03. The number of methoxy groups -OCH3 is 2. The van der Waals surface area contributed by atoms with E-state index in [1.54, 1.807) is 14.2 Å². The second-order valence-corrected chi connectivity index (χ2v) is 5.90. The molecule has 0 amide bonds. The molecule has 0 aliphatic carbocycles. The summed E-state index contributed by atoms with van der Waals surface area (Å²) in [5, 5.41) is 4.03. The first-order chi connectivity index (χ1) is 12.7. The van der Waals surface area contributed by atoms with Crippen LogP contribution in [-0.2, 0) is 0 Å². The number of aliphatic imine (C=N–C) groups is 1. The minimum atomic E-state index is 0.663. The van der Waals surface area contributed by atoms with Crippen LogP contribution in [0, 0.1) is 0 Å². The first-order valence-corrected chi connectivity index (χ1v) is 8.46. The molecule has 5 heteroatoms. The van der Waals surface area contributed by atoms with Gasteiger partial charge in [-0.15, -0.1) is 0 Å². The van der Waals surface area contributed by atoms with Crippen LogP contribution in [0.4, 0.5) is 11.4 Å². The van der Waals surface area contributed by atoms with Crippen molar-refractivity contribution in [3.05, 3.63) is 83.4 Å². The third-order valence-electron chi connectivity index (χ3n) is 3.80. The molecule has 0 fully saturated rings. The summed E-state index contributed by atoms with van der Waals surface area (Å²) in [6.07, 6.45) is 0. The molecule has 0 heterocycles. The number of ether oxygens (including phenoxy) is 2. The SMILES string of the molecule is COc1ccccc1N=C(Nc1ccccc1OC)c1ccc(Cl)cc1. The lowest BCUT2D eigenvalue weighted by molar-refractivity contribution is 0.416.